The molecular formula is C16H42O5Si6. The number of carbonyl (C=O) groups is 1. The minimum absolute atomic E-state index is 0.336. The number of aliphatic carboxylic acids is 1. The standard InChI is InChI=1S/C16H42O5Si6/c1-11-12-16(23-20-26(5,6)7,24-21-27(8,9)10)14(15(17)18)13-22-19-25(2,3)4/h13H,11-12,22-24H2,1-10H3,(H,17,18). The summed E-state index contributed by atoms with van der Waals surface area (Å²) < 4.78 is 18.6. The van der Waals surface area contributed by atoms with E-state index in [1.54, 1.807) is 0 Å². The molecule has 0 unspecified atom stereocenters. The molecule has 11 heteroatoms. The highest BCUT2D eigenvalue weighted by molar-refractivity contribution is 6.79. The van der Waals surface area contributed by atoms with E-state index >= 15 is 0 Å². The SMILES string of the molecule is CCCC([SiH2]O[Si](C)(C)C)([SiH2]O[Si](C)(C)C)C(=C[SiH2]O[Si](C)(C)C)C(=O)O. The minimum atomic E-state index is -1.71. The largest absolute Gasteiger partial charge is 0.478 e. The summed E-state index contributed by atoms with van der Waals surface area (Å²) in [6.45, 7) is 21.7. The Morgan fingerprint density at radius 3 is 1.59 bits per heavy atom. The Bertz CT molecular complexity index is 487. The van der Waals surface area contributed by atoms with E-state index in [2.05, 4.69) is 65.8 Å². The topological polar surface area (TPSA) is 65.0 Å². The molecule has 0 bridgehead atoms. The quantitative estimate of drug-likeness (QED) is 0.323. The van der Waals surface area contributed by atoms with Gasteiger partial charge in [0.1, 0.15) is 0 Å². The fourth-order valence-electron chi connectivity index (χ4n) is 2.57. The Morgan fingerprint density at radius 2 is 1.30 bits per heavy atom. The molecule has 27 heavy (non-hydrogen) atoms. The van der Waals surface area contributed by atoms with Gasteiger partial charge in [-0.2, -0.15) is 0 Å². The monoisotopic (exact) mass is 482 g/mol. The molecule has 160 valence electrons. The van der Waals surface area contributed by atoms with Gasteiger partial charge in [-0.05, 0) is 65.3 Å². The van der Waals surface area contributed by atoms with Gasteiger partial charge in [0.25, 0.3) is 0 Å². The third-order valence-corrected chi connectivity index (χ3v) is 20.5. The minimum Gasteiger partial charge on any atom is -0.478 e. The molecule has 0 aromatic heterocycles. The molecule has 0 rings (SSSR count). The number of hydrogen-bond acceptors (Lipinski definition) is 4. The molecule has 0 aliphatic carbocycles. The van der Waals surface area contributed by atoms with Crippen molar-refractivity contribution < 1.29 is 22.2 Å². The summed E-state index contributed by atoms with van der Waals surface area (Å²) in [4.78, 5) is 12.3. The first-order valence-corrected chi connectivity index (χ1v) is 24.1. The zero-order valence-corrected chi connectivity index (χ0v) is 26.4. The van der Waals surface area contributed by atoms with Crippen molar-refractivity contribution in [2.24, 2.45) is 0 Å². The van der Waals surface area contributed by atoms with Crippen LogP contribution in [0.1, 0.15) is 19.8 Å². The summed E-state index contributed by atoms with van der Waals surface area (Å²) in [6, 6.07) is 0. The number of carboxylic acid groups (broad SMARTS) is 1. The molecule has 0 aromatic rings. The molecule has 0 fully saturated rings. The van der Waals surface area contributed by atoms with E-state index in [0.29, 0.717) is 5.57 Å². The van der Waals surface area contributed by atoms with Crippen molar-refractivity contribution in [3.05, 3.63) is 11.3 Å². The number of hydrogen-bond donors (Lipinski definition) is 1. The van der Waals surface area contributed by atoms with Crippen LogP contribution in [0.3, 0.4) is 0 Å². The first kappa shape index (κ1) is 27.4. The maximum Gasteiger partial charge on any atom is 0.331 e. The van der Waals surface area contributed by atoms with Crippen molar-refractivity contribution in [1.82, 2.24) is 0 Å². The van der Waals surface area contributed by atoms with Gasteiger partial charge >= 0.3 is 5.97 Å². The van der Waals surface area contributed by atoms with Crippen molar-refractivity contribution in [3.63, 3.8) is 0 Å². The molecule has 0 aliphatic heterocycles. The summed E-state index contributed by atoms with van der Waals surface area (Å²) in [5.74, 6) is -0.798. The lowest BCUT2D eigenvalue weighted by atomic mass is 10.1. The molecule has 0 saturated heterocycles. The molecule has 0 amide bonds. The van der Waals surface area contributed by atoms with Gasteiger partial charge in [-0.3, -0.25) is 0 Å². The van der Waals surface area contributed by atoms with Gasteiger partial charge < -0.3 is 17.5 Å². The van der Waals surface area contributed by atoms with Crippen LogP contribution in [0, 0.1) is 0 Å². The highest BCUT2D eigenvalue weighted by atomic mass is 28.4. The van der Waals surface area contributed by atoms with E-state index in [4.69, 9.17) is 12.3 Å². The zero-order chi connectivity index (χ0) is 21.5. The maximum atomic E-state index is 12.3. The smallest absolute Gasteiger partial charge is 0.331 e. The van der Waals surface area contributed by atoms with Gasteiger partial charge in [0.05, 0.1) is 0 Å². The van der Waals surface area contributed by atoms with E-state index in [-0.39, 0.29) is 4.66 Å². The third-order valence-electron chi connectivity index (χ3n) is 3.90. The van der Waals surface area contributed by atoms with Gasteiger partial charge in [-0.25, -0.2) is 4.79 Å². The Hall–Kier alpha value is 0.391. The predicted octanol–water partition coefficient (Wildman–Crippen LogP) is 2.68. The maximum absolute atomic E-state index is 12.3. The van der Waals surface area contributed by atoms with Crippen LogP contribution in [0.15, 0.2) is 11.3 Å². The van der Waals surface area contributed by atoms with Crippen LogP contribution < -0.4 is 0 Å². The average molecular weight is 483 g/mol. The van der Waals surface area contributed by atoms with Crippen LogP contribution in [-0.2, 0) is 17.1 Å². The second-order valence-corrected chi connectivity index (χ2v) is 31.3. The second-order valence-electron chi connectivity index (χ2n) is 10.2. The van der Waals surface area contributed by atoms with E-state index in [1.807, 2.05) is 5.70 Å². The third kappa shape index (κ3) is 12.5. The molecule has 0 aromatic carbocycles. The van der Waals surface area contributed by atoms with Crippen molar-refractivity contribution in [3.8, 4) is 0 Å². The van der Waals surface area contributed by atoms with Gasteiger partial charge in [0.15, 0.2) is 54.2 Å². The Balaban J connectivity index is 5.92. The second kappa shape index (κ2) is 11.0. The normalized spacial score (nSPS) is 17.6. The van der Waals surface area contributed by atoms with Gasteiger partial charge in [0, 0.05) is 10.2 Å². The highest BCUT2D eigenvalue weighted by Gasteiger charge is 2.41. The van der Waals surface area contributed by atoms with E-state index in [0.717, 1.165) is 12.8 Å². The molecule has 1 N–H and O–H groups in total. The molecule has 0 aliphatic rings. The van der Waals surface area contributed by atoms with Crippen molar-refractivity contribution >= 4 is 60.2 Å². The van der Waals surface area contributed by atoms with Crippen LogP contribution in [0.2, 0.25) is 63.6 Å². The van der Waals surface area contributed by atoms with Crippen LogP contribution in [0.5, 0.6) is 0 Å². The molecule has 0 saturated carbocycles. The number of rotatable bonds is 13. The molecule has 5 nitrogen and oxygen atoms in total. The summed E-state index contributed by atoms with van der Waals surface area (Å²) in [6.07, 6.45) is 1.81. The Kier molecular flexibility index (Phi) is 11.1. The summed E-state index contributed by atoms with van der Waals surface area (Å²) >= 11 is 0. The van der Waals surface area contributed by atoms with Crippen LogP contribution in [-0.4, -0.2) is 65.3 Å². The molecule has 0 radical (unpaired) electrons. The number of carboxylic acids is 1. The first-order valence-electron chi connectivity index (χ1n) is 9.87. The fourth-order valence-corrected chi connectivity index (χ4v) is 16.0. The Labute approximate surface area is 176 Å². The fraction of sp³-hybridized carbons (Fsp3) is 0.812. The lowest BCUT2D eigenvalue weighted by molar-refractivity contribution is -0.133. The predicted molar refractivity (Wildman–Crippen MR) is 132 cm³/mol. The highest BCUT2D eigenvalue weighted by Crippen LogP contribution is 2.40. The Morgan fingerprint density at radius 1 is 0.889 bits per heavy atom. The van der Waals surface area contributed by atoms with Gasteiger partial charge in [-0.1, -0.05) is 19.0 Å². The van der Waals surface area contributed by atoms with Crippen molar-refractivity contribution in [2.75, 3.05) is 0 Å². The van der Waals surface area contributed by atoms with Crippen LogP contribution in [0.25, 0.3) is 0 Å². The van der Waals surface area contributed by atoms with E-state index in [9.17, 15) is 9.90 Å². The van der Waals surface area contributed by atoms with Crippen LogP contribution >= 0.6 is 0 Å². The summed E-state index contributed by atoms with van der Waals surface area (Å²) in [5, 5.41) is 10.1. The van der Waals surface area contributed by atoms with Gasteiger partial charge in [0.2, 0.25) is 0 Å². The van der Waals surface area contributed by atoms with Crippen LogP contribution in [0.4, 0.5) is 0 Å². The van der Waals surface area contributed by atoms with E-state index < -0.39 is 60.2 Å². The summed E-state index contributed by atoms with van der Waals surface area (Å²) in [7, 11) is -8.19. The van der Waals surface area contributed by atoms with Crippen molar-refractivity contribution in [2.45, 2.75) is 83.4 Å². The molecule has 0 heterocycles. The lowest BCUT2D eigenvalue weighted by Gasteiger charge is -2.37. The summed E-state index contributed by atoms with van der Waals surface area (Å²) in [5.41, 5.74) is 2.52. The first-order chi connectivity index (χ1) is 12.0. The molecular weight excluding hydrogens is 441 g/mol. The average Bonchev–Trinajstić information content (AvgIpc) is 2.44. The lowest BCUT2D eigenvalue weighted by Crippen LogP contribution is -2.43. The van der Waals surface area contributed by atoms with Gasteiger partial charge in [-0.15, -0.1) is 0 Å². The molecule has 0 spiro atoms. The van der Waals surface area contributed by atoms with Crippen molar-refractivity contribution in [1.29, 1.82) is 0 Å². The molecule has 0 atom stereocenters. The van der Waals surface area contributed by atoms with E-state index in [1.165, 1.54) is 0 Å². The zero-order valence-electron chi connectivity index (χ0n) is 19.2.